The summed E-state index contributed by atoms with van der Waals surface area (Å²) >= 11 is 0. The maximum atomic E-state index is 13.2. The molecule has 2 aromatic heterocycles. The predicted molar refractivity (Wildman–Crippen MR) is 130 cm³/mol. The summed E-state index contributed by atoms with van der Waals surface area (Å²) in [6.45, 7) is 4.41. The highest BCUT2D eigenvalue weighted by Crippen LogP contribution is 2.30. The van der Waals surface area contributed by atoms with Gasteiger partial charge in [0.15, 0.2) is 5.65 Å². The third kappa shape index (κ3) is 3.46. The van der Waals surface area contributed by atoms with Crippen LogP contribution in [0.5, 0.6) is 11.5 Å². The molecule has 1 fully saturated rings. The molecule has 8 nitrogen and oxygen atoms in total. The number of benzene rings is 2. The second kappa shape index (κ2) is 8.60. The first-order chi connectivity index (χ1) is 16.5. The van der Waals surface area contributed by atoms with Gasteiger partial charge in [0.25, 0.3) is 5.91 Å². The minimum atomic E-state index is -0.0617. The summed E-state index contributed by atoms with van der Waals surface area (Å²) in [7, 11) is 3.14. The Kier molecular flexibility index (Phi) is 5.46. The Balaban J connectivity index is 1.45. The van der Waals surface area contributed by atoms with Gasteiger partial charge in [-0.1, -0.05) is 12.1 Å². The number of aromatic nitrogens is 2. The van der Waals surface area contributed by atoms with Crippen molar-refractivity contribution in [1.82, 2.24) is 14.3 Å². The summed E-state index contributed by atoms with van der Waals surface area (Å²) in [5, 5.41) is 9.74. The van der Waals surface area contributed by atoms with Gasteiger partial charge in [0.05, 0.1) is 36.4 Å². The number of carbonyl (C=O) groups excluding carboxylic acids is 1. The fourth-order valence-corrected chi connectivity index (χ4v) is 4.59. The van der Waals surface area contributed by atoms with E-state index in [1.54, 1.807) is 32.4 Å². The van der Waals surface area contributed by atoms with Gasteiger partial charge in [0.2, 0.25) is 0 Å². The molecule has 0 spiro atoms. The van der Waals surface area contributed by atoms with E-state index >= 15 is 0 Å². The fraction of sp³-hybridized carbons (Fsp3) is 0.269. The summed E-state index contributed by atoms with van der Waals surface area (Å²) in [6, 6.07) is 17.5. The lowest BCUT2D eigenvalue weighted by Crippen LogP contribution is -2.49. The molecule has 5 rings (SSSR count). The molecule has 1 amide bonds. The summed E-state index contributed by atoms with van der Waals surface area (Å²) in [5.74, 6) is 2.06. The molecule has 0 N–H and O–H groups in total. The topological polar surface area (TPSA) is 83.1 Å². The molecule has 4 aromatic rings. The van der Waals surface area contributed by atoms with Crippen LogP contribution < -0.4 is 14.4 Å². The SMILES string of the molecule is COc1ccc(C(=O)N2CCN(c3cc(C)c(C#N)c4nc5ccccc5n34)CC2)c(OC)c1. The van der Waals surface area contributed by atoms with Crippen molar-refractivity contribution in [2.24, 2.45) is 0 Å². The number of nitriles is 1. The number of ether oxygens (including phenoxy) is 2. The molecule has 3 heterocycles. The van der Waals surface area contributed by atoms with E-state index in [0.29, 0.717) is 54.5 Å². The maximum Gasteiger partial charge on any atom is 0.257 e. The van der Waals surface area contributed by atoms with Crippen molar-refractivity contribution >= 4 is 28.4 Å². The van der Waals surface area contributed by atoms with E-state index < -0.39 is 0 Å². The van der Waals surface area contributed by atoms with Gasteiger partial charge in [0.1, 0.15) is 23.4 Å². The van der Waals surface area contributed by atoms with Gasteiger partial charge in [-0.2, -0.15) is 5.26 Å². The first kappa shape index (κ1) is 21.6. The van der Waals surface area contributed by atoms with Crippen LogP contribution in [-0.2, 0) is 0 Å². The molecule has 0 unspecified atom stereocenters. The van der Waals surface area contributed by atoms with Gasteiger partial charge in [-0.3, -0.25) is 9.20 Å². The van der Waals surface area contributed by atoms with E-state index in [4.69, 9.17) is 14.5 Å². The largest absolute Gasteiger partial charge is 0.497 e. The van der Waals surface area contributed by atoms with Crippen molar-refractivity contribution in [2.75, 3.05) is 45.3 Å². The Labute approximate surface area is 197 Å². The summed E-state index contributed by atoms with van der Waals surface area (Å²) in [5.41, 5.74) is 4.48. The zero-order valence-corrected chi connectivity index (χ0v) is 19.4. The number of piperazine rings is 1. The highest BCUT2D eigenvalue weighted by atomic mass is 16.5. The maximum absolute atomic E-state index is 13.2. The minimum absolute atomic E-state index is 0.0617. The molecule has 1 aliphatic rings. The van der Waals surface area contributed by atoms with Crippen LogP contribution in [0.2, 0.25) is 0 Å². The average molecular weight is 456 g/mol. The van der Waals surface area contributed by atoms with E-state index in [2.05, 4.69) is 15.4 Å². The van der Waals surface area contributed by atoms with Crippen LogP contribution in [-0.4, -0.2) is 60.6 Å². The third-order valence-corrected chi connectivity index (χ3v) is 6.40. The van der Waals surface area contributed by atoms with Crippen LogP contribution in [0.1, 0.15) is 21.5 Å². The number of para-hydroxylation sites is 2. The molecule has 0 aliphatic carbocycles. The Bertz CT molecular complexity index is 1440. The number of carbonyl (C=O) groups is 1. The molecule has 0 atom stereocenters. The molecule has 1 saturated heterocycles. The quantitative estimate of drug-likeness (QED) is 0.467. The zero-order chi connectivity index (χ0) is 23.8. The van der Waals surface area contributed by atoms with Gasteiger partial charge in [-0.25, -0.2) is 4.98 Å². The molecule has 0 saturated carbocycles. The van der Waals surface area contributed by atoms with E-state index in [1.165, 1.54) is 0 Å². The first-order valence-electron chi connectivity index (χ1n) is 11.1. The minimum Gasteiger partial charge on any atom is -0.497 e. The highest BCUT2D eigenvalue weighted by molar-refractivity contribution is 5.97. The van der Waals surface area contributed by atoms with Crippen molar-refractivity contribution in [3.63, 3.8) is 0 Å². The van der Waals surface area contributed by atoms with E-state index in [0.717, 1.165) is 22.4 Å². The van der Waals surface area contributed by atoms with Gasteiger partial charge < -0.3 is 19.3 Å². The molecule has 2 aromatic carbocycles. The Morgan fingerprint density at radius 1 is 1.03 bits per heavy atom. The molecular weight excluding hydrogens is 430 g/mol. The van der Waals surface area contributed by atoms with Crippen LogP contribution in [0.15, 0.2) is 48.5 Å². The number of nitrogens with zero attached hydrogens (tertiary/aromatic N) is 5. The Morgan fingerprint density at radius 3 is 2.50 bits per heavy atom. The number of hydrogen-bond donors (Lipinski definition) is 0. The number of rotatable bonds is 4. The number of pyridine rings is 1. The third-order valence-electron chi connectivity index (χ3n) is 6.40. The summed E-state index contributed by atoms with van der Waals surface area (Å²) in [4.78, 5) is 22.1. The van der Waals surface area contributed by atoms with Crippen molar-refractivity contribution in [3.8, 4) is 17.6 Å². The van der Waals surface area contributed by atoms with Crippen molar-refractivity contribution in [3.05, 3.63) is 65.2 Å². The van der Waals surface area contributed by atoms with Crippen molar-refractivity contribution in [1.29, 1.82) is 5.26 Å². The number of imidazole rings is 1. The standard InChI is InChI=1S/C26H25N5O3/c1-17-14-24(31-22-7-5-4-6-21(22)28-25(31)20(17)16-27)29-10-12-30(13-11-29)26(32)19-9-8-18(33-2)15-23(19)34-3/h4-9,14-15H,10-13H2,1-3H3. The summed E-state index contributed by atoms with van der Waals surface area (Å²) < 4.78 is 12.7. The monoisotopic (exact) mass is 455 g/mol. The molecule has 0 bridgehead atoms. The Hall–Kier alpha value is -4.25. The normalized spacial score (nSPS) is 13.8. The Morgan fingerprint density at radius 2 is 1.79 bits per heavy atom. The van der Waals surface area contributed by atoms with Crippen LogP contribution in [0.3, 0.4) is 0 Å². The second-order valence-corrected chi connectivity index (χ2v) is 8.28. The van der Waals surface area contributed by atoms with Gasteiger partial charge in [-0.05, 0) is 42.8 Å². The molecule has 8 heteroatoms. The highest BCUT2D eigenvalue weighted by Gasteiger charge is 2.27. The van der Waals surface area contributed by atoms with Crippen LogP contribution in [0.25, 0.3) is 16.7 Å². The average Bonchev–Trinajstić information content (AvgIpc) is 3.27. The number of anilines is 1. The lowest BCUT2D eigenvalue weighted by Gasteiger charge is -2.36. The number of fused-ring (bicyclic) bond motifs is 3. The smallest absolute Gasteiger partial charge is 0.257 e. The molecule has 1 aliphatic heterocycles. The number of aryl methyl sites for hydroxylation is 1. The van der Waals surface area contributed by atoms with Crippen LogP contribution in [0.4, 0.5) is 5.82 Å². The van der Waals surface area contributed by atoms with Crippen molar-refractivity contribution < 1.29 is 14.3 Å². The fourth-order valence-electron chi connectivity index (χ4n) is 4.59. The predicted octanol–water partition coefficient (Wildman–Crippen LogP) is 3.65. The molecule has 172 valence electrons. The molecular formula is C26H25N5O3. The van der Waals surface area contributed by atoms with E-state index in [9.17, 15) is 10.1 Å². The lowest BCUT2D eigenvalue weighted by molar-refractivity contribution is 0.0743. The van der Waals surface area contributed by atoms with E-state index in [1.807, 2.05) is 42.2 Å². The van der Waals surface area contributed by atoms with Crippen molar-refractivity contribution in [2.45, 2.75) is 6.92 Å². The molecule has 34 heavy (non-hydrogen) atoms. The van der Waals surface area contributed by atoms with Gasteiger partial charge in [0, 0.05) is 32.2 Å². The van der Waals surface area contributed by atoms with Gasteiger partial charge in [-0.15, -0.1) is 0 Å². The lowest BCUT2D eigenvalue weighted by atomic mass is 10.1. The summed E-state index contributed by atoms with van der Waals surface area (Å²) in [6.07, 6.45) is 0. The van der Waals surface area contributed by atoms with Crippen LogP contribution in [0, 0.1) is 18.3 Å². The second-order valence-electron chi connectivity index (χ2n) is 8.28. The number of amides is 1. The number of hydrogen-bond acceptors (Lipinski definition) is 6. The van der Waals surface area contributed by atoms with E-state index in [-0.39, 0.29) is 5.91 Å². The first-order valence-corrected chi connectivity index (χ1v) is 11.1. The van der Waals surface area contributed by atoms with Crippen LogP contribution >= 0.6 is 0 Å². The van der Waals surface area contributed by atoms with Gasteiger partial charge >= 0.3 is 0 Å². The number of methoxy groups -OCH3 is 2. The zero-order valence-electron chi connectivity index (χ0n) is 19.4. The molecule has 0 radical (unpaired) electrons.